The van der Waals surface area contributed by atoms with Crippen molar-refractivity contribution in [2.24, 2.45) is 0 Å². The van der Waals surface area contributed by atoms with Crippen molar-refractivity contribution in [3.8, 4) is 28.3 Å². The van der Waals surface area contributed by atoms with Gasteiger partial charge in [-0.1, -0.05) is 30.3 Å². The Hall–Kier alpha value is -4.70. The predicted octanol–water partition coefficient (Wildman–Crippen LogP) is 4.39. The van der Waals surface area contributed by atoms with Gasteiger partial charge in [-0.3, -0.25) is 9.89 Å². The van der Waals surface area contributed by atoms with E-state index in [9.17, 15) is 9.59 Å². The van der Waals surface area contributed by atoms with Crippen LogP contribution in [0.1, 0.15) is 21.6 Å². The highest BCUT2D eigenvalue weighted by atomic mass is 16.4. The second-order valence-corrected chi connectivity index (χ2v) is 7.49. The predicted molar refractivity (Wildman–Crippen MR) is 121 cm³/mol. The van der Waals surface area contributed by atoms with Gasteiger partial charge in [-0.15, -0.1) is 0 Å². The van der Waals surface area contributed by atoms with Crippen LogP contribution in [0.15, 0.2) is 71.5 Å². The van der Waals surface area contributed by atoms with Crippen LogP contribution in [0.3, 0.4) is 0 Å². The van der Waals surface area contributed by atoms with Gasteiger partial charge in [0.1, 0.15) is 0 Å². The van der Waals surface area contributed by atoms with E-state index in [0.29, 0.717) is 22.1 Å². The summed E-state index contributed by atoms with van der Waals surface area (Å²) in [5.74, 6) is -0.997. The standard InChI is InChI=1S/C25H16N4O3/c1-14-22(17-6-8-18(9-7-17)25(31)32)23-27-21-12-19(16-4-2-15(13-26)3-5-16)10-11-20(21)24(30)29(23)28-14/h2-12,28H,1H3,(H,31,32). The fraction of sp³-hybridized carbons (Fsp3) is 0.0400. The zero-order chi connectivity index (χ0) is 22.4. The van der Waals surface area contributed by atoms with Crippen LogP contribution in [0, 0.1) is 18.3 Å². The van der Waals surface area contributed by atoms with Crippen LogP contribution in [0.5, 0.6) is 0 Å². The number of hydrogen-bond acceptors (Lipinski definition) is 4. The van der Waals surface area contributed by atoms with Gasteiger partial charge >= 0.3 is 5.97 Å². The topological polar surface area (TPSA) is 111 Å². The highest BCUT2D eigenvalue weighted by Gasteiger charge is 2.16. The molecule has 0 saturated carbocycles. The largest absolute Gasteiger partial charge is 0.478 e. The van der Waals surface area contributed by atoms with Crippen molar-refractivity contribution in [1.82, 2.24) is 14.6 Å². The summed E-state index contributed by atoms with van der Waals surface area (Å²) in [6, 6.07) is 21.3. The van der Waals surface area contributed by atoms with E-state index in [1.54, 1.807) is 30.3 Å². The molecule has 3 aromatic carbocycles. The number of hydrogen-bond donors (Lipinski definition) is 2. The molecule has 7 heteroatoms. The summed E-state index contributed by atoms with van der Waals surface area (Å²) >= 11 is 0. The monoisotopic (exact) mass is 420 g/mol. The SMILES string of the molecule is Cc1[nH]n2c(=O)c3ccc(-c4ccc(C#N)cc4)cc3nc2c1-c1ccc(C(=O)O)cc1. The second kappa shape index (κ2) is 7.22. The van der Waals surface area contributed by atoms with E-state index >= 15 is 0 Å². The van der Waals surface area contributed by atoms with Gasteiger partial charge in [-0.05, 0) is 60.0 Å². The van der Waals surface area contributed by atoms with Gasteiger partial charge in [0.15, 0.2) is 5.65 Å². The number of carboxylic acid groups (broad SMARTS) is 1. The van der Waals surface area contributed by atoms with Gasteiger partial charge in [0.2, 0.25) is 0 Å². The Morgan fingerprint density at radius 3 is 2.31 bits per heavy atom. The average molecular weight is 420 g/mol. The van der Waals surface area contributed by atoms with Crippen LogP contribution < -0.4 is 5.56 Å². The minimum absolute atomic E-state index is 0.189. The summed E-state index contributed by atoms with van der Waals surface area (Å²) in [5.41, 5.74) is 5.64. The van der Waals surface area contributed by atoms with Crippen molar-refractivity contribution in [3.05, 3.63) is 93.9 Å². The van der Waals surface area contributed by atoms with Crippen LogP contribution in [0.2, 0.25) is 0 Å². The van der Waals surface area contributed by atoms with Crippen molar-refractivity contribution in [2.45, 2.75) is 6.92 Å². The molecule has 7 nitrogen and oxygen atoms in total. The molecule has 0 radical (unpaired) electrons. The fourth-order valence-corrected chi connectivity index (χ4v) is 3.89. The normalized spacial score (nSPS) is 11.0. The molecule has 0 bridgehead atoms. The smallest absolute Gasteiger partial charge is 0.335 e. The number of carboxylic acids is 1. The Morgan fingerprint density at radius 2 is 1.66 bits per heavy atom. The molecule has 5 rings (SSSR count). The van der Waals surface area contributed by atoms with Gasteiger partial charge in [-0.2, -0.15) is 5.26 Å². The lowest BCUT2D eigenvalue weighted by Gasteiger charge is -2.06. The molecule has 2 N–H and O–H groups in total. The molecule has 0 aliphatic heterocycles. The molecule has 0 unspecified atom stereocenters. The maximum absolute atomic E-state index is 13.1. The van der Waals surface area contributed by atoms with Gasteiger partial charge in [0, 0.05) is 11.3 Å². The summed E-state index contributed by atoms with van der Waals surface area (Å²) in [5, 5.41) is 21.7. The quantitative estimate of drug-likeness (QED) is 0.450. The van der Waals surface area contributed by atoms with Gasteiger partial charge in [0.25, 0.3) is 5.56 Å². The summed E-state index contributed by atoms with van der Waals surface area (Å²) in [4.78, 5) is 29.1. The number of aromatic nitrogens is 3. The van der Waals surface area contributed by atoms with Crippen LogP contribution in [-0.2, 0) is 0 Å². The van der Waals surface area contributed by atoms with Crippen LogP contribution >= 0.6 is 0 Å². The zero-order valence-corrected chi connectivity index (χ0v) is 17.0. The molecule has 32 heavy (non-hydrogen) atoms. The number of carbonyl (C=O) groups is 1. The van der Waals surface area contributed by atoms with Crippen molar-refractivity contribution < 1.29 is 9.90 Å². The highest BCUT2D eigenvalue weighted by Crippen LogP contribution is 2.29. The number of aryl methyl sites for hydroxylation is 1. The summed E-state index contributed by atoms with van der Waals surface area (Å²) in [6.45, 7) is 1.85. The lowest BCUT2D eigenvalue weighted by molar-refractivity contribution is 0.0697. The molecule has 0 fully saturated rings. The Morgan fingerprint density at radius 1 is 1.00 bits per heavy atom. The number of nitrogens with one attached hydrogen (secondary N) is 1. The Balaban J connectivity index is 1.71. The first-order valence-electron chi connectivity index (χ1n) is 9.85. The number of nitrogens with zero attached hydrogens (tertiary/aromatic N) is 3. The first-order chi connectivity index (χ1) is 15.5. The molecule has 0 spiro atoms. The second-order valence-electron chi connectivity index (χ2n) is 7.49. The van der Waals surface area contributed by atoms with Crippen molar-refractivity contribution in [2.75, 3.05) is 0 Å². The fourth-order valence-electron chi connectivity index (χ4n) is 3.89. The summed E-state index contributed by atoms with van der Waals surface area (Å²) in [6.07, 6.45) is 0. The van der Waals surface area contributed by atoms with Gasteiger partial charge in [0.05, 0.1) is 28.1 Å². The third-order valence-corrected chi connectivity index (χ3v) is 5.52. The van der Waals surface area contributed by atoms with Crippen LogP contribution in [0.25, 0.3) is 38.8 Å². The van der Waals surface area contributed by atoms with E-state index in [1.165, 1.54) is 16.6 Å². The minimum Gasteiger partial charge on any atom is -0.478 e. The Bertz CT molecular complexity index is 1620. The van der Waals surface area contributed by atoms with Crippen molar-refractivity contribution in [3.63, 3.8) is 0 Å². The van der Waals surface area contributed by atoms with Crippen molar-refractivity contribution in [1.29, 1.82) is 5.26 Å². The van der Waals surface area contributed by atoms with E-state index < -0.39 is 5.97 Å². The highest BCUT2D eigenvalue weighted by molar-refractivity contribution is 5.91. The number of aromatic amines is 1. The van der Waals surface area contributed by atoms with Crippen LogP contribution in [-0.4, -0.2) is 25.7 Å². The Kier molecular flexibility index (Phi) is 4.35. The third-order valence-electron chi connectivity index (χ3n) is 5.52. The molecule has 2 aromatic heterocycles. The van der Waals surface area contributed by atoms with Crippen LogP contribution in [0.4, 0.5) is 0 Å². The molecule has 0 amide bonds. The third kappa shape index (κ3) is 3.02. The lowest BCUT2D eigenvalue weighted by Crippen LogP contribution is -2.15. The summed E-state index contributed by atoms with van der Waals surface area (Å²) in [7, 11) is 0. The van der Waals surface area contributed by atoms with E-state index in [-0.39, 0.29) is 11.1 Å². The molecule has 0 saturated heterocycles. The number of H-pyrrole nitrogens is 1. The number of benzene rings is 3. The molecule has 0 aliphatic carbocycles. The number of fused-ring (bicyclic) bond motifs is 2. The molecule has 5 aromatic rings. The average Bonchev–Trinajstić information content (AvgIpc) is 3.15. The number of rotatable bonds is 3. The first-order valence-corrected chi connectivity index (χ1v) is 9.85. The molecular formula is C25H16N4O3. The molecule has 2 heterocycles. The lowest BCUT2D eigenvalue weighted by atomic mass is 10.0. The molecule has 0 aliphatic rings. The molecular weight excluding hydrogens is 404 g/mol. The van der Waals surface area contributed by atoms with E-state index in [4.69, 9.17) is 15.4 Å². The van der Waals surface area contributed by atoms with E-state index in [2.05, 4.69) is 11.2 Å². The number of nitriles is 1. The number of aromatic carboxylic acids is 1. The first kappa shape index (κ1) is 19.3. The maximum atomic E-state index is 13.1. The summed E-state index contributed by atoms with van der Waals surface area (Å²) < 4.78 is 1.42. The minimum atomic E-state index is -0.997. The van der Waals surface area contributed by atoms with E-state index in [0.717, 1.165) is 27.9 Å². The Labute approximate surface area is 181 Å². The van der Waals surface area contributed by atoms with E-state index in [1.807, 2.05) is 31.2 Å². The van der Waals surface area contributed by atoms with Gasteiger partial charge in [-0.25, -0.2) is 14.3 Å². The zero-order valence-electron chi connectivity index (χ0n) is 17.0. The molecule has 0 atom stereocenters. The molecule has 154 valence electrons. The maximum Gasteiger partial charge on any atom is 0.335 e. The van der Waals surface area contributed by atoms with Crippen molar-refractivity contribution >= 4 is 22.5 Å². The van der Waals surface area contributed by atoms with Gasteiger partial charge < -0.3 is 5.11 Å².